The lowest BCUT2D eigenvalue weighted by Crippen LogP contribution is -2.40. The number of ether oxygens (including phenoxy) is 1. The summed E-state index contributed by atoms with van der Waals surface area (Å²) in [5.41, 5.74) is 4.08. The molecule has 0 aromatic heterocycles. The largest absolute Gasteiger partial charge is 0.504 e. The number of rotatable bonds is 1. The highest BCUT2D eigenvalue weighted by atomic mass is 16.5. The van der Waals surface area contributed by atoms with Crippen LogP contribution in [0.2, 0.25) is 0 Å². The SMILES string of the molecule is C.COc1cc2c(cc1O)CCC1C3=CC[C@H](O)[C@@]3(C)CCC21. The molecule has 0 amide bonds. The number of hydrogen-bond acceptors (Lipinski definition) is 3. The van der Waals surface area contributed by atoms with E-state index in [0.29, 0.717) is 17.6 Å². The van der Waals surface area contributed by atoms with Crippen LogP contribution in [0.1, 0.15) is 57.1 Å². The Hall–Kier alpha value is -1.48. The third-order valence-corrected chi connectivity index (χ3v) is 6.38. The monoisotopic (exact) mass is 316 g/mol. The Kier molecular flexibility index (Phi) is 3.96. The molecule has 1 fully saturated rings. The molecular weight excluding hydrogens is 288 g/mol. The zero-order valence-electron chi connectivity index (χ0n) is 13.3. The standard InChI is InChI=1S/C19H24O3.CH4/c1-19-8-7-12-13(15(19)5-6-18(19)21)4-3-11-9-16(20)17(22-2)10-14(11)12;/h5,9-10,12-13,18,20-21H,3-4,6-8H2,1-2H3;1H4/t12?,13?,18-,19-;/m0./s1. The summed E-state index contributed by atoms with van der Waals surface area (Å²) >= 11 is 0. The van der Waals surface area contributed by atoms with Gasteiger partial charge in [-0.1, -0.05) is 26.0 Å². The van der Waals surface area contributed by atoms with E-state index in [2.05, 4.69) is 13.0 Å². The van der Waals surface area contributed by atoms with Crippen LogP contribution in [-0.4, -0.2) is 23.4 Å². The highest BCUT2D eigenvalue weighted by Crippen LogP contribution is 2.59. The number of hydrogen-bond donors (Lipinski definition) is 2. The van der Waals surface area contributed by atoms with Gasteiger partial charge in [0.05, 0.1) is 13.2 Å². The van der Waals surface area contributed by atoms with Crippen molar-refractivity contribution in [3.05, 3.63) is 34.9 Å². The number of aliphatic hydroxyl groups is 1. The minimum absolute atomic E-state index is 0. The number of aryl methyl sites for hydroxylation is 1. The third kappa shape index (κ3) is 2.20. The predicted octanol–water partition coefficient (Wildman–Crippen LogP) is 4.17. The van der Waals surface area contributed by atoms with Gasteiger partial charge in [0.25, 0.3) is 0 Å². The van der Waals surface area contributed by atoms with E-state index >= 15 is 0 Å². The minimum atomic E-state index is -0.209. The maximum Gasteiger partial charge on any atom is 0.160 e. The molecule has 0 bridgehead atoms. The second kappa shape index (κ2) is 5.55. The van der Waals surface area contributed by atoms with Crippen LogP contribution in [0.25, 0.3) is 0 Å². The molecule has 0 aliphatic heterocycles. The molecule has 0 saturated heterocycles. The van der Waals surface area contributed by atoms with Crippen molar-refractivity contribution in [3.63, 3.8) is 0 Å². The van der Waals surface area contributed by atoms with Gasteiger partial charge in [-0.15, -0.1) is 0 Å². The molecule has 2 unspecified atom stereocenters. The van der Waals surface area contributed by atoms with E-state index in [1.54, 1.807) is 7.11 Å². The van der Waals surface area contributed by atoms with Crippen LogP contribution < -0.4 is 4.74 Å². The lowest BCUT2D eigenvalue weighted by molar-refractivity contribution is 0.0471. The number of aromatic hydroxyl groups is 1. The summed E-state index contributed by atoms with van der Waals surface area (Å²) in [4.78, 5) is 0. The van der Waals surface area contributed by atoms with Crippen molar-refractivity contribution in [2.75, 3.05) is 7.11 Å². The van der Waals surface area contributed by atoms with Crippen molar-refractivity contribution < 1.29 is 14.9 Å². The summed E-state index contributed by atoms with van der Waals surface area (Å²) in [6, 6.07) is 3.92. The maximum absolute atomic E-state index is 10.4. The summed E-state index contributed by atoms with van der Waals surface area (Å²) in [6.45, 7) is 2.24. The van der Waals surface area contributed by atoms with Crippen molar-refractivity contribution in [1.29, 1.82) is 0 Å². The fourth-order valence-electron chi connectivity index (χ4n) is 5.08. The fraction of sp³-hybridized carbons (Fsp3) is 0.600. The zero-order valence-corrected chi connectivity index (χ0v) is 13.3. The first-order valence-corrected chi connectivity index (χ1v) is 8.33. The molecule has 3 aliphatic rings. The Balaban J connectivity index is 0.00000156. The molecule has 126 valence electrons. The van der Waals surface area contributed by atoms with E-state index < -0.39 is 0 Å². The molecule has 0 radical (unpaired) electrons. The van der Waals surface area contributed by atoms with Crippen LogP contribution in [0.15, 0.2) is 23.8 Å². The summed E-state index contributed by atoms with van der Waals surface area (Å²) in [6.07, 6.45) is 7.17. The van der Waals surface area contributed by atoms with Crippen LogP contribution in [-0.2, 0) is 6.42 Å². The average molecular weight is 316 g/mol. The van der Waals surface area contributed by atoms with Gasteiger partial charge in [-0.3, -0.25) is 0 Å². The maximum atomic E-state index is 10.4. The Bertz CT molecular complexity index is 649. The molecule has 1 aromatic rings. The van der Waals surface area contributed by atoms with Crippen LogP contribution in [0.4, 0.5) is 0 Å². The van der Waals surface area contributed by atoms with Gasteiger partial charge in [0.2, 0.25) is 0 Å². The topological polar surface area (TPSA) is 49.7 Å². The van der Waals surface area contributed by atoms with E-state index in [1.807, 2.05) is 12.1 Å². The smallest absolute Gasteiger partial charge is 0.160 e. The van der Waals surface area contributed by atoms with E-state index in [-0.39, 0.29) is 24.7 Å². The van der Waals surface area contributed by atoms with Crippen molar-refractivity contribution in [1.82, 2.24) is 0 Å². The number of benzene rings is 1. The number of aliphatic hydroxyl groups excluding tert-OH is 1. The van der Waals surface area contributed by atoms with Gasteiger partial charge in [0.15, 0.2) is 11.5 Å². The number of phenols is 1. The number of methoxy groups -OCH3 is 1. The molecule has 23 heavy (non-hydrogen) atoms. The molecule has 1 saturated carbocycles. The highest BCUT2D eigenvalue weighted by molar-refractivity contribution is 5.50. The fourth-order valence-corrected chi connectivity index (χ4v) is 5.08. The van der Waals surface area contributed by atoms with Crippen molar-refractivity contribution in [2.24, 2.45) is 11.3 Å². The Morgan fingerprint density at radius 1 is 1.22 bits per heavy atom. The predicted molar refractivity (Wildman–Crippen MR) is 92.0 cm³/mol. The molecule has 2 N–H and O–H groups in total. The van der Waals surface area contributed by atoms with Gasteiger partial charge in [0.1, 0.15) is 0 Å². The van der Waals surface area contributed by atoms with Crippen molar-refractivity contribution >= 4 is 0 Å². The zero-order chi connectivity index (χ0) is 15.5. The quantitative estimate of drug-likeness (QED) is 0.764. The van der Waals surface area contributed by atoms with Crippen molar-refractivity contribution in [2.45, 2.75) is 58.5 Å². The molecule has 0 spiro atoms. The Labute approximate surface area is 139 Å². The van der Waals surface area contributed by atoms with Gasteiger partial charge in [-0.2, -0.15) is 0 Å². The Morgan fingerprint density at radius 3 is 2.74 bits per heavy atom. The molecule has 0 heterocycles. The summed E-state index contributed by atoms with van der Waals surface area (Å²) in [7, 11) is 1.61. The van der Waals surface area contributed by atoms with Gasteiger partial charge in [0, 0.05) is 5.41 Å². The average Bonchev–Trinajstić information content (AvgIpc) is 2.82. The van der Waals surface area contributed by atoms with Gasteiger partial charge < -0.3 is 14.9 Å². The molecule has 3 heteroatoms. The molecule has 4 rings (SSSR count). The normalized spacial score (nSPS) is 34.6. The second-order valence-corrected chi connectivity index (χ2v) is 7.34. The van der Waals surface area contributed by atoms with Crippen LogP contribution in [0.3, 0.4) is 0 Å². The molecule has 3 nitrogen and oxygen atoms in total. The van der Waals surface area contributed by atoms with E-state index in [0.717, 1.165) is 32.1 Å². The van der Waals surface area contributed by atoms with E-state index in [9.17, 15) is 10.2 Å². The third-order valence-electron chi connectivity index (χ3n) is 6.38. The molecular formula is C20H28O3. The van der Waals surface area contributed by atoms with Crippen LogP contribution in [0.5, 0.6) is 11.5 Å². The summed E-state index contributed by atoms with van der Waals surface area (Å²) < 4.78 is 5.31. The van der Waals surface area contributed by atoms with E-state index in [4.69, 9.17) is 4.74 Å². The first kappa shape index (κ1) is 16.4. The van der Waals surface area contributed by atoms with Crippen LogP contribution >= 0.6 is 0 Å². The Morgan fingerprint density at radius 2 is 2.00 bits per heavy atom. The lowest BCUT2D eigenvalue weighted by Gasteiger charge is -2.47. The number of phenolic OH excluding ortho intramolecular Hbond substituents is 1. The highest BCUT2D eigenvalue weighted by Gasteiger charge is 2.50. The lowest BCUT2D eigenvalue weighted by atomic mass is 9.58. The number of fused-ring (bicyclic) bond motifs is 5. The second-order valence-electron chi connectivity index (χ2n) is 7.34. The van der Waals surface area contributed by atoms with Gasteiger partial charge in [-0.05, 0) is 67.2 Å². The molecule has 3 aliphatic carbocycles. The van der Waals surface area contributed by atoms with Gasteiger partial charge >= 0.3 is 0 Å². The van der Waals surface area contributed by atoms with Gasteiger partial charge in [-0.25, -0.2) is 0 Å². The summed E-state index contributed by atoms with van der Waals surface area (Å²) in [5.74, 6) is 1.87. The summed E-state index contributed by atoms with van der Waals surface area (Å²) in [5, 5.41) is 20.4. The first-order valence-electron chi connectivity index (χ1n) is 8.33. The van der Waals surface area contributed by atoms with Crippen molar-refractivity contribution in [3.8, 4) is 11.5 Å². The van der Waals surface area contributed by atoms with Crippen LogP contribution in [0, 0.1) is 11.3 Å². The van der Waals surface area contributed by atoms with E-state index in [1.165, 1.54) is 16.7 Å². The minimum Gasteiger partial charge on any atom is -0.504 e. The molecule has 1 aromatic carbocycles. The molecule has 4 atom stereocenters. The first-order chi connectivity index (χ1) is 10.5.